The number of hydrogen-bond acceptors (Lipinski definition) is 2. The third-order valence-corrected chi connectivity index (χ3v) is 2.10. The average molecular weight is 218 g/mol. The lowest BCUT2D eigenvalue weighted by Gasteiger charge is -2.14. The highest BCUT2D eigenvalue weighted by Gasteiger charge is 2.23. The number of carboxylic acids is 2. The molecule has 0 aromatic carbocycles. The number of carboxylic acid groups (broad SMARTS) is 2. The molecule has 4 heteroatoms. The summed E-state index contributed by atoms with van der Waals surface area (Å²) < 4.78 is 0. The van der Waals surface area contributed by atoms with Crippen LogP contribution in [0.5, 0.6) is 0 Å². The first-order valence-electron chi connectivity index (χ1n) is 4.92. The molecule has 0 heterocycles. The van der Waals surface area contributed by atoms with Crippen LogP contribution in [0.15, 0.2) is 0 Å². The molecule has 0 spiro atoms. The third kappa shape index (κ3) is 7.97. The van der Waals surface area contributed by atoms with Crippen LogP contribution in [0.2, 0.25) is 0 Å². The molecule has 0 fully saturated rings. The van der Waals surface area contributed by atoms with Gasteiger partial charge in [-0.2, -0.15) is 0 Å². The topological polar surface area (TPSA) is 74.6 Å². The number of carbonyl (C=O) groups is 2. The van der Waals surface area contributed by atoms with Crippen LogP contribution in [-0.2, 0) is 9.59 Å². The summed E-state index contributed by atoms with van der Waals surface area (Å²) in [5, 5.41) is 16.7. The first kappa shape index (κ1) is 16.4. The van der Waals surface area contributed by atoms with Crippen molar-refractivity contribution in [2.24, 2.45) is 10.8 Å². The van der Waals surface area contributed by atoms with Crippen molar-refractivity contribution in [2.45, 2.75) is 48.0 Å². The zero-order valence-corrected chi connectivity index (χ0v) is 10.4. The summed E-state index contributed by atoms with van der Waals surface area (Å²) in [4.78, 5) is 20.3. The summed E-state index contributed by atoms with van der Waals surface area (Å²) >= 11 is 0. The van der Waals surface area contributed by atoms with Gasteiger partial charge < -0.3 is 10.2 Å². The predicted molar refractivity (Wildman–Crippen MR) is 58.8 cm³/mol. The van der Waals surface area contributed by atoms with E-state index in [2.05, 4.69) is 0 Å². The molecular formula is C11H22O4. The summed E-state index contributed by atoms with van der Waals surface area (Å²) in [6, 6.07) is 0. The Balaban J connectivity index is 0. The van der Waals surface area contributed by atoms with Crippen molar-refractivity contribution in [1.29, 1.82) is 0 Å². The van der Waals surface area contributed by atoms with E-state index in [1.54, 1.807) is 34.6 Å². The smallest absolute Gasteiger partial charge is 0.309 e. The summed E-state index contributed by atoms with van der Waals surface area (Å²) in [5.41, 5.74) is -1.12. The Labute approximate surface area is 91.3 Å². The van der Waals surface area contributed by atoms with E-state index in [9.17, 15) is 9.59 Å². The van der Waals surface area contributed by atoms with Gasteiger partial charge in [-0.05, 0) is 41.0 Å². The molecule has 0 saturated heterocycles. The molecule has 0 aromatic heterocycles. The highest BCUT2D eigenvalue weighted by Crippen LogP contribution is 2.18. The van der Waals surface area contributed by atoms with Gasteiger partial charge in [0.2, 0.25) is 0 Å². The summed E-state index contributed by atoms with van der Waals surface area (Å²) in [6.45, 7) is 10.3. The zero-order chi connectivity index (χ0) is 12.9. The second-order valence-electron chi connectivity index (χ2n) is 5.10. The minimum absolute atomic E-state index is 0.542. The first-order chi connectivity index (χ1) is 6.45. The maximum absolute atomic E-state index is 10.3. The minimum Gasteiger partial charge on any atom is -0.481 e. The Morgan fingerprint density at radius 2 is 1.20 bits per heavy atom. The van der Waals surface area contributed by atoms with Crippen molar-refractivity contribution < 1.29 is 19.8 Å². The highest BCUT2D eigenvalue weighted by molar-refractivity contribution is 5.73. The van der Waals surface area contributed by atoms with Gasteiger partial charge in [-0.25, -0.2) is 0 Å². The van der Waals surface area contributed by atoms with Gasteiger partial charge in [0, 0.05) is 0 Å². The Kier molecular flexibility index (Phi) is 6.26. The molecule has 15 heavy (non-hydrogen) atoms. The fourth-order valence-electron chi connectivity index (χ4n) is 0.151. The SMILES string of the molecule is CC(C)(C)C(=O)O.CCC(C)(C)C(=O)O. The van der Waals surface area contributed by atoms with E-state index in [4.69, 9.17) is 10.2 Å². The van der Waals surface area contributed by atoms with Crippen LogP contribution < -0.4 is 0 Å². The third-order valence-electron chi connectivity index (χ3n) is 2.10. The van der Waals surface area contributed by atoms with Crippen molar-refractivity contribution in [3.63, 3.8) is 0 Å². The first-order valence-corrected chi connectivity index (χ1v) is 4.92. The maximum atomic E-state index is 10.3. The Bertz CT molecular complexity index is 223. The minimum atomic E-state index is -0.757. The van der Waals surface area contributed by atoms with Crippen molar-refractivity contribution in [3.8, 4) is 0 Å². The molecule has 0 unspecified atom stereocenters. The van der Waals surface area contributed by atoms with Gasteiger partial charge in [0.25, 0.3) is 0 Å². The molecule has 0 aliphatic heterocycles. The second-order valence-corrected chi connectivity index (χ2v) is 5.10. The molecule has 0 aliphatic rings. The van der Waals surface area contributed by atoms with E-state index in [0.717, 1.165) is 0 Å². The fourth-order valence-corrected chi connectivity index (χ4v) is 0.151. The molecule has 0 aliphatic carbocycles. The molecule has 0 atom stereocenters. The van der Waals surface area contributed by atoms with Crippen LogP contribution in [0.3, 0.4) is 0 Å². The molecular weight excluding hydrogens is 196 g/mol. The molecule has 0 saturated carbocycles. The summed E-state index contributed by atoms with van der Waals surface area (Å²) in [5.74, 6) is -1.48. The van der Waals surface area contributed by atoms with Gasteiger partial charge in [-0.3, -0.25) is 9.59 Å². The van der Waals surface area contributed by atoms with Crippen LogP contribution in [-0.4, -0.2) is 22.2 Å². The van der Waals surface area contributed by atoms with Crippen LogP contribution in [0.4, 0.5) is 0 Å². The van der Waals surface area contributed by atoms with Crippen molar-refractivity contribution in [1.82, 2.24) is 0 Å². The second kappa shape index (κ2) is 5.73. The number of hydrogen-bond donors (Lipinski definition) is 2. The van der Waals surface area contributed by atoms with E-state index in [1.807, 2.05) is 6.92 Å². The fraction of sp³-hybridized carbons (Fsp3) is 0.818. The standard InChI is InChI=1S/C6H12O2.C5H10O2/c1-4-6(2,3)5(7)8;1-5(2,3)4(6)7/h4H2,1-3H3,(H,7,8);1-3H3,(H,6,7). The molecule has 90 valence electrons. The van der Waals surface area contributed by atoms with Gasteiger partial charge in [-0.1, -0.05) is 6.92 Å². The van der Waals surface area contributed by atoms with Crippen molar-refractivity contribution in [2.75, 3.05) is 0 Å². The monoisotopic (exact) mass is 218 g/mol. The zero-order valence-electron chi connectivity index (χ0n) is 10.4. The number of aliphatic carboxylic acids is 2. The molecule has 4 nitrogen and oxygen atoms in total. The molecule has 0 rings (SSSR count). The van der Waals surface area contributed by atoms with Gasteiger partial charge in [-0.15, -0.1) is 0 Å². The summed E-state index contributed by atoms with van der Waals surface area (Å²) in [6.07, 6.45) is 0.683. The lowest BCUT2D eigenvalue weighted by molar-refractivity contribution is -0.147. The lowest BCUT2D eigenvalue weighted by atomic mass is 9.91. The Morgan fingerprint density at radius 1 is 0.933 bits per heavy atom. The van der Waals surface area contributed by atoms with E-state index in [-0.39, 0.29) is 0 Å². The molecule has 0 bridgehead atoms. The Hall–Kier alpha value is -1.06. The molecule has 2 N–H and O–H groups in total. The van der Waals surface area contributed by atoms with Gasteiger partial charge in [0.1, 0.15) is 0 Å². The lowest BCUT2D eigenvalue weighted by Crippen LogP contribution is -2.21. The number of rotatable bonds is 2. The Morgan fingerprint density at radius 3 is 1.20 bits per heavy atom. The highest BCUT2D eigenvalue weighted by atomic mass is 16.4. The van der Waals surface area contributed by atoms with E-state index in [0.29, 0.717) is 6.42 Å². The van der Waals surface area contributed by atoms with Crippen LogP contribution in [0.25, 0.3) is 0 Å². The van der Waals surface area contributed by atoms with E-state index >= 15 is 0 Å². The van der Waals surface area contributed by atoms with Crippen LogP contribution in [0, 0.1) is 10.8 Å². The van der Waals surface area contributed by atoms with Crippen LogP contribution in [0.1, 0.15) is 48.0 Å². The average Bonchev–Trinajstić information content (AvgIpc) is 2.03. The van der Waals surface area contributed by atoms with Crippen molar-refractivity contribution >= 4 is 11.9 Å². The largest absolute Gasteiger partial charge is 0.481 e. The maximum Gasteiger partial charge on any atom is 0.309 e. The van der Waals surface area contributed by atoms with Crippen LogP contribution >= 0.6 is 0 Å². The predicted octanol–water partition coefficient (Wildman–Crippen LogP) is 2.62. The molecule has 0 amide bonds. The van der Waals surface area contributed by atoms with Gasteiger partial charge in [0.15, 0.2) is 0 Å². The summed E-state index contributed by atoms with van der Waals surface area (Å²) in [7, 11) is 0. The van der Waals surface area contributed by atoms with Gasteiger partial charge >= 0.3 is 11.9 Å². The normalized spacial score (nSPS) is 11.3. The molecule has 0 aromatic rings. The van der Waals surface area contributed by atoms with Gasteiger partial charge in [0.05, 0.1) is 10.8 Å². The van der Waals surface area contributed by atoms with E-state index < -0.39 is 22.8 Å². The van der Waals surface area contributed by atoms with E-state index in [1.165, 1.54) is 0 Å². The van der Waals surface area contributed by atoms with Crippen molar-refractivity contribution in [3.05, 3.63) is 0 Å². The molecule has 0 radical (unpaired) electrons. The quantitative estimate of drug-likeness (QED) is 0.747.